The van der Waals surface area contributed by atoms with Crippen molar-refractivity contribution in [3.05, 3.63) is 85.0 Å². The summed E-state index contributed by atoms with van der Waals surface area (Å²) in [6.45, 7) is 1.71. The van der Waals surface area contributed by atoms with Gasteiger partial charge in [-0.15, -0.1) is 0 Å². The van der Waals surface area contributed by atoms with Crippen LogP contribution in [0.25, 0.3) is 10.8 Å². The highest BCUT2D eigenvalue weighted by Crippen LogP contribution is 2.16. The van der Waals surface area contributed by atoms with Gasteiger partial charge in [-0.1, -0.05) is 24.3 Å². The molecule has 8 nitrogen and oxygen atoms in total. The number of carboxylic acid groups (broad SMARTS) is 1. The van der Waals surface area contributed by atoms with Crippen LogP contribution in [-0.4, -0.2) is 16.1 Å². The number of benzene rings is 2. The van der Waals surface area contributed by atoms with Gasteiger partial charge in [0.2, 0.25) is 10.9 Å². The minimum Gasteiger partial charge on any atom is -0.481 e. The fourth-order valence-corrected chi connectivity index (χ4v) is 2.73. The molecule has 1 heterocycles. The number of fused-ring (bicyclic) bond motifs is 1. The van der Waals surface area contributed by atoms with Crippen molar-refractivity contribution in [2.24, 2.45) is 15.9 Å². The van der Waals surface area contributed by atoms with Crippen molar-refractivity contribution < 1.29 is 9.90 Å². The Morgan fingerprint density at radius 2 is 1.78 bits per heavy atom. The van der Waals surface area contributed by atoms with Crippen LogP contribution in [0.15, 0.2) is 62.4 Å². The van der Waals surface area contributed by atoms with Crippen molar-refractivity contribution in [2.75, 3.05) is 0 Å². The highest BCUT2D eigenvalue weighted by molar-refractivity contribution is 5.80. The van der Waals surface area contributed by atoms with Gasteiger partial charge in [0.25, 0.3) is 0 Å². The Morgan fingerprint density at radius 3 is 2.41 bits per heavy atom. The molecule has 3 N–H and O–H groups in total. The molecule has 0 aliphatic carbocycles. The number of hydrogen-bond acceptors (Lipinski definition) is 7. The van der Waals surface area contributed by atoms with Gasteiger partial charge in [0.1, 0.15) is 5.36 Å². The molecule has 0 radical (unpaired) electrons. The number of nitrogens with two attached hydrogens (primary N) is 1. The van der Waals surface area contributed by atoms with Gasteiger partial charge in [0.05, 0.1) is 17.8 Å². The largest absolute Gasteiger partial charge is 0.481 e. The maximum Gasteiger partial charge on any atom is 0.310 e. The van der Waals surface area contributed by atoms with Gasteiger partial charge in [0.15, 0.2) is 5.36 Å². The number of rotatable bonds is 4. The number of aliphatic carboxylic acids is 1. The minimum atomic E-state index is -0.912. The average molecular weight is 364 g/mol. The molecule has 27 heavy (non-hydrogen) atoms. The maximum atomic E-state index is 12.6. The lowest BCUT2D eigenvalue weighted by atomic mass is 10.0. The van der Waals surface area contributed by atoms with E-state index in [0.717, 1.165) is 5.56 Å². The number of pyridine rings is 1. The minimum absolute atomic E-state index is 0.106. The predicted molar refractivity (Wildman–Crippen MR) is 98.2 cm³/mol. The highest BCUT2D eigenvalue weighted by atomic mass is 16.4. The molecule has 0 bridgehead atoms. The van der Waals surface area contributed by atoms with E-state index in [1.54, 1.807) is 31.2 Å². The summed E-state index contributed by atoms with van der Waals surface area (Å²) in [5.41, 5.74) is 0.473. The standard InChI is InChI=1S/C19H16N4O4/c1-10(19(26)27)12-4-2-11(3-5-12)8-22-15-16(23-20)17(24)13-6-7-21-9-14(13)18(15)25/h2-7,9-10H,8,20H2,1H3,(H,26,27). The molecule has 136 valence electrons. The first-order valence-corrected chi connectivity index (χ1v) is 8.11. The van der Waals surface area contributed by atoms with Gasteiger partial charge >= 0.3 is 5.97 Å². The van der Waals surface area contributed by atoms with Gasteiger partial charge in [-0.3, -0.25) is 24.4 Å². The summed E-state index contributed by atoms with van der Waals surface area (Å²) >= 11 is 0. The van der Waals surface area contributed by atoms with Crippen LogP contribution in [0.2, 0.25) is 0 Å². The quantitative estimate of drug-likeness (QED) is 0.490. The number of carbonyl (C=O) groups is 1. The van der Waals surface area contributed by atoms with E-state index in [9.17, 15) is 14.4 Å². The zero-order valence-electron chi connectivity index (χ0n) is 14.4. The van der Waals surface area contributed by atoms with E-state index in [2.05, 4.69) is 15.1 Å². The van der Waals surface area contributed by atoms with Gasteiger partial charge in [-0.2, -0.15) is 5.10 Å². The first kappa shape index (κ1) is 18.1. The number of nitrogens with zero attached hydrogens (tertiary/aromatic N) is 3. The number of carboxylic acids is 1. The zero-order chi connectivity index (χ0) is 19.6. The summed E-state index contributed by atoms with van der Waals surface area (Å²) in [6.07, 6.45) is 2.74. The summed E-state index contributed by atoms with van der Waals surface area (Å²) in [4.78, 5) is 44.3. The van der Waals surface area contributed by atoms with Gasteiger partial charge in [0, 0.05) is 17.8 Å². The van der Waals surface area contributed by atoms with E-state index in [4.69, 9.17) is 10.9 Å². The Kier molecular flexibility index (Phi) is 4.89. The van der Waals surface area contributed by atoms with Gasteiger partial charge < -0.3 is 10.9 Å². The van der Waals surface area contributed by atoms with Crippen molar-refractivity contribution >= 4 is 16.7 Å². The van der Waals surface area contributed by atoms with Crippen molar-refractivity contribution in [1.82, 2.24) is 4.98 Å². The fourth-order valence-electron chi connectivity index (χ4n) is 2.73. The lowest BCUT2D eigenvalue weighted by Crippen LogP contribution is -2.49. The summed E-state index contributed by atoms with van der Waals surface area (Å²) in [5.74, 6) is 3.78. The summed E-state index contributed by atoms with van der Waals surface area (Å²) in [7, 11) is 0. The second-order valence-corrected chi connectivity index (χ2v) is 6.02. The molecular weight excluding hydrogens is 348 g/mol. The van der Waals surface area contributed by atoms with Crippen molar-refractivity contribution in [3.8, 4) is 0 Å². The highest BCUT2D eigenvalue weighted by Gasteiger charge is 2.13. The third-order valence-corrected chi connectivity index (χ3v) is 4.36. The van der Waals surface area contributed by atoms with Crippen molar-refractivity contribution in [2.45, 2.75) is 19.4 Å². The summed E-state index contributed by atoms with van der Waals surface area (Å²) in [5, 5.41) is 12.6. The smallest absolute Gasteiger partial charge is 0.310 e. The van der Waals surface area contributed by atoms with Crippen LogP contribution in [0, 0.1) is 0 Å². The normalized spacial score (nSPS) is 13.8. The summed E-state index contributed by atoms with van der Waals surface area (Å²) in [6, 6.07) is 8.28. The third-order valence-electron chi connectivity index (χ3n) is 4.36. The van der Waals surface area contributed by atoms with Gasteiger partial charge in [-0.25, -0.2) is 0 Å². The van der Waals surface area contributed by atoms with E-state index in [0.29, 0.717) is 5.56 Å². The van der Waals surface area contributed by atoms with Crippen LogP contribution >= 0.6 is 0 Å². The SMILES string of the molecule is CC(C(=O)O)c1ccc(CN=c2c(=NN)c(=O)c3ccncc3c2=O)cc1. The maximum absolute atomic E-state index is 12.6. The molecule has 0 aliphatic rings. The molecular formula is C19H16N4O4. The Morgan fingerprint density at radius 1 is 1.11 bits per heavy atom. The van der Waals surface area contributed by atoms with E-state index >= 15 is 0 Å². The molecule has 0 aliphatic heterocycles. The van der Waals surface area contributed by atoms with Crippen LogP contribution in [0.1, 0.15) is 24.0 Å². The molecule has 0 saturated carbocycles. The zero-order valence-corrected chi connectivity index (χ0v) is 14.4. The molecule has 2 aromatic carbocycles. The first-order valence-electron chi connectivity index (χ1n) is 8.11. The fraction of sp³-hybridized carbons (Fsp3) is 0.158. The monoisotopic (exact) mass is 364 g/mol. The molecule has 0 spiro atoms. The van der Waals surface area contributed by atoms with Crippen LogP contribution in [0.5, 0.6) is 0 Å². The lowest BCUT2D eigenvalue weighted by molar-refractivity contribution is -0.138. The van der Waals surface area contributed by atoms with Crippen LogP contribution in [0.3, 0.4) is 0 Å². The van der Waals surface area contributed by atoms with Crippen LogP contribution in [-0.2, 0) is 11.3 Å². The topological polar surface area (TPSA) is 135 Å². The third kappa shape index (κ3) is 3.37. The second-order valence-electron chi connectivity index (χ2n) is 6.02. The second kappa shape index (κ2) is 7.28. The Balaban J connectivity index is 2.07. The lowest BCUT2D eigenvalue weighted by Gasteiger charge is -2.06. The van der Waals surface area contributed by atoms with Crippen LogP contribution < -0.4 is 27.4 Å². The van der Waals surface area contributed by atoms with Crippen molar-refractivity contribution in [1.29, 1.82) is 0 Å². The van der Waals surface area contributed by atoms with E-state index in [1.807, 2.05) is 0 Å². The molecule has 3 aromatic rings. The molecule has 0 saturated heterocycles. The Hall–Kier alpha value is -3.68. The van der Waals surface area contributed by atoms with Crippen molar-refractivity contribution in [3.63, 3.8) is 0 Å². The molecule has 0 amide bonds. The van der Waals surface area contributed by atoms with E-state index in [1.165, 1.54) is 18.5 Å². The van der Waals surface area contributed by atoms with E-state index in [-0.39, 0.29) is 28.0 Å². The molecule has 8 heteroatoms. The molecule has 3 rings (SSSR count). The summed E-state index contributed by atoms with van der Waals surface area (Å²) < 4.78 is 0. The number of aromatic nitrogens is 1. The first-order chi connectivity index (χ1) is 12.9. The molecule has 1 atom stereocenters. The molecule has 1 aromatic heterocycles. The molecule has 1 unspecified atom stereocenters. The van der Waals surface area contributed by atoms with Crippen LogP contribution in [0.4, 0.5) is 0 Å². The Labute approximate surface area is 152 Å². The Bertz CT molecular complexity index is 1240. The van der Waals surface area contributed by atoms with E-state index < -0.39 is 22.7 Å². The predicted octanol–water partition coefficient (Wildman–Crippen LogP) is -0.106. The average Bonchev–Trinajstić information content (AvgIpc) is 2.69. The number of hydrogen-bond donors (Lipinski definition) is 2. The van der Waals surface area contributed by atoms with Gasteiger partial charge in [-0.05, 0) is 24.1 Å². The molecule has 0 fully saturated rings.